The fourth-order valence-electron chi connectivity index (χ4n) is 3.03. The van der Waals surface area contributed by atoms with E-state index in [9.17, 15) is 9.59 Å². The average molecular weight is 278 g/mol. The van der Waals surface area contributed by atoms with Gasteiger partial charge in [0.1, 0.15) is 0 Å². The monoisotopic (exact) mass is 278 g/mol. The van der Waals surface area contributed by atoms with Gasteiger partial charge in [0.25, 0.3) is 0 Å². The number of hydrogen-bond donors (Lipinski definition) is 0. The van der Waals surface area contributed by atoms with Gasteiger partial charge in [-0.3, -0.25) is 9.59 Å². The molecule has 3 saturated heterocycles. The third kappa shape index (κ3) is 2.39. The highest BCUT2D eigenvalue weighted by Gasteiger charge is 2.39. The SMILES string of the molecule is CN1C(=O)[C@@H]2CC[C@H]1CN(C(=O)Cc1cccs1)C2. The summed E-state index contributed by atoms with van der Waals surface area (Å²) in [4.78, 5) is 29.3. The van der Waals surface area contributed by atoms with E-state index in [-0.39, 0.29) is 23.8 Å². The number of carbonyl (C=O) groups is 2. The highest BCUT2D eigenvalue weighted by atomic mass is 32.1. The van der Waals surface area contributed by atoms with Gasteiger partial charge in [0.05, 0.1) is 12.3 Å². The third-order valence-corrected chi connectivity index (χ3v) is 5.10. The van der Waals surface area contributed by atoms with E-state index in [1.165, 1.54) is 0 Å². The Kier molecular flexibility index (Phi) is 3.31. The molecule has 0 saturated carbocycles. The van der Waals surface area contributed by atoms with Crippen LogP contribution in [0.4, 0.5) is 0 Å². The van der Waals surface area contributed by atoms with Crippen molar-refractivity contribution in [2.45, 2.75) is 25.3 Å². The molecule has 1 aromatic rings. The summed E-state index contributed by atoms with van der Waals surface area (Å²) in [5, 5.41) is 1.99. The van der Waals surface area contributed by atoms with Gasteiger partial charge in [-0.2, -0.15) is 0 Å². The lowest BCUT2D eigenvalue weighted by Crippen LogP contribution is -2.45. The summed E-state index contributed by atoms with van der Waals surface area (Å²) in [6.07, 6.45) is 2.42. The minimum Gasteiger partial charge on any atom is -0.341 e. The Labute approximate surface area is 117 Å². The van der Waals surface area contributed by atoms with Crippen LogP contribution in [0, 0.1) is 5.92 Å². The Hall–Kier alpha value is -1.36. The molecule has 3 aliphatic rings. The lowest BCUT2D eigenvalue weighted by molar-refractivity contribution is -0.138. The molecule has 0 radical (unpaired) electrons. The molecule has 3 fully saturated rings. The summed E-state index contributed by atoms with van der Waals surface area (Å²) < 4.78 is 0. The van der Waals surface area contributed by atoms with E-state index < -0.39 is 0 Å². The molecule has 0 aromatic carbocycles. The van der Waals surface area contributed by atoms with Crippen molar-refractivity contribution in [1.82, 2.24) is 9.80 Å². The first-order chi connectivity index (χ1) is 9.15. The standard InChI is InChI=1S/C14H18N2O2S/c1-15-11-5-4-10(14(15)18)8-16(9-11)13(17)7-12-3-2-6-19-12/h2-3,6,10-11H,4-5,7-9H2,1H3/t10-,11+/m1/s1. The number of amides is 2. The van der Waals surface area contributed by atoms with Crippen LogP contribution >= 0.6 is 11.3 Å². The number of piperidine rings is 1. The van der Waals surface area contributed by atoms with Gasteiger partial charge in [0.15, 0.2) is 0 Å². The van der Waals surface area contributed by atoms with Gasteiger partial charge in [-0.25, -0.2) is 0 Å². The second-order valence-electron chi connectivity index (χ2n) is 5.43. The number of carbonyl (C=O) groups excluding carboxylic acids is 2. The van der Waals surface area contributed by atoms with Crippen molar-refractivity contribution in [1.29, 1.82) is 0 Å². The van der Waals surface area contributed by atoms with E-state index in [0.29, 0.717) is 19.5 Å². The van der Waals surface area contributed by atoms with Crippen LogP contribution in [0.5, 0.6) is 0 Å². The van der Waals surface area contributed by atoms with E-state index >= 15 is 0 Å². The number of rotatable bonds is 2. The topological polar surface area (TPSA) is 40.6 Å². The lowest BCUT2D eigenvalue weighted by Gasteiger charge is -2.32. The summed E-state index contributed by atoms with van der Waals surface area (Å²) in [6.45, 7) is 1.30. The molecule has 0 aliphatic carbocycles. The summed E-state index contributed by atoms with van der Waals surface area (Å²) in [6, 6.07) is 4.17. The van der Waals surface area contributed by atoms with E-state index in [4.69, 9.17) is 0 Å². The van der Waals surface area contributed by atoms with Gasteiger partial charge in [0, 0.05) is 31.1 Å². The highest BCUT2D eigenvalue weighted by molar-refractivity contribution is 7.10. The number of likely N-dealkylation sites (N-methyl/N-ethyl adjacent to an activating group) is 1. The third-order valence-electron chi connectivity index (χ3n) is 4.22. The van der Waals surface area contributed by atoms with Crippen molar-refractivity contribution < 1.29 is 9.59 Å². The molecule has 0 N–H and O–H groups in total. The fraction of sp³-hybridized carbons (Fsp3) is 0.571. The molecule has 1 aromatic heterocycles. The van der Waals surface area contributed by atoms with Gasteiger partial charge >= 0.3 is 0 Å². The molecule has 4 nitrogen and oxygen atoms in total. The molecular formula is C14H18N2O2S. The van der Waals surface area contributed by atoms with Crippen LogP contribution in [0.3, 0.4) is 0 Å². The van der Waals surface area contributed by atoms with Crippen molar-refractivity contribution in [2.24, 2.45) is 5.92 Å². The molecule has 2 bridgehead atoms. The maximum Gasteiger partial charge on any atom is 0.227 e. The number of fused-ring (bicyclic) bond motifs is 4. The maximum absolute atomic E-state index is 12.4. The molecule has 102 valence electrons. The second kappa shape index (κ2) is 4.96. The van der Waals surface area contributed by atoms with Gasteiger partial charge in [-0.05, 0) is 24.3 Å². The first-order valence-corrected chi connectivity index (χ1v) is 7.60. The Morgan fingerprint density at radius 1 is 1.42 bits per heavy atom. The Morgan fingerprint density at radius 3 is 3.00 bits per heavy atom. The zero-order valence-corrected chi connectivity index (χ0v) is 11.9. The molecule has 4 heterocycles. The summed E-state index contributed by atoms with van der Waals surface area (Å²) in [5.74, 6) is 0.376. The number of thiophene rings is 1. The van der Waals surface area contributed by atoms with Crippen LogP contribution < -0.4 is 0 Å². The first-order valence-electron chi connectivity index (χ1n) is 6.72. The van der Waals surface area contributed by atoms with E-state index in [1.54, 1.807) is 11.3 Å². The minimum atomic E-state index is 0.0102. The van der Waals surface area contributed by atoms with Gasteiger partial charge in [-0.15, -0.1) is 11.3 Å². The van der Waals surface area contributed by atoms with Crippen LogP contribution in [0.15, 0.2) is 17.5 Å². The molecule has 4 rings (SSSR count). The highest BCUT2D eigenvalue weighted by Crippen LogP contribution is 2.28. The molecule has 0 unspecified atom stereocenters. The van der Waals surface area contributed by atoms with Crippen molar-refractivity contribution in [3.05, 3.63) is 22.4 Å². The van der Waals surface area contributed by atoms with Crippen molar-refractivity contribution >= 4 is 23.2 Å². The van der Waals surface area contributed by atoms with Crippen LogP contribution in [0.1, 0.15) is 17.7 Å². The molecule has 2 atom stereocenters. The molecule has 3 aliphatic heterocycles. The number of hydrogen-bond acceptors (Lipinski definition) is 3. The first kappa shape index (κ1) is 12.7. The lowest BCUT2D eigenvalue weighted by atomic mass is 9.95. The summed E-state index contributed by atoms with van der Waals surface area (Å²) in [7, 11) is 1.87. The Bertz CT molecular complexity index is 486. The summed E-state index contributed by atoms with van der Waals surface area (Å²) >= 11 is 1.61. The predicted octanol–water partition coefficient (Wildman–Crippen LogP) is 1.37. The molecule has 19 heavy (non-hydrogen) atoms. The molecule has 5 heteroatoms. The zero-order valence-electron chi connectivity index (χ0n) is 11.0. The fourth-order valence-corrected chi connectivity index (χ4v) is 3.73. The largest absolute Gasteiger partial charge is 0.341 e. The molecular weight excluding hydrogens is 260 g/mol. The Morgan fingerprint density at radius 2 is 2.26 bits per heavy atom. The van der Waals surface area contributed by atoms with Crippen LogP contribution in [-0.4, -0.2) is 47.8 Å². The van der Waals surface area contributed by atoms with Crippen LogP contribution in [-0.2, 0) is 16.0 Å². The molecule has 2 amide bonds. The van der Waals surface area contributed by atoms with E-state index in [0.717, 1.165) is 17.7 Å². The smallest absolute Gasteiger partial charge is 0.227 e. The van der Waals surface area contributed by atoms with Crippen molar-refractivity contribution in [3.8, 4) is 0 Å². The van der Waals surface area contributed by atoms with Crippen molar-refractivity contribution in [3.63, 3.8) is 0 Å². The molecule has 0 spiro atoms. The predicted molar refractivity (Wildman–Crippen MR) is 73.9 cm³/mol. The van der Waals surface area contributed by atoms with E-state index in [1.807, 2.05) is 34.4 Å². The van der Waals surface area contributed by atoms with Gasteiger partial charge in [0.2, 0.25) is 11.8 Å². The van der Waals surface area contributed by atoms with Gasteiger partial charge in [-0.1, -0.05) is 6.07 Å². The maximum atomic E-state index is 12.4. The average Bonchev–Trinajstić information content (AvgIpc) is 2.75. The minimum absolute atomic E-state index is 0.0102. The Balaban J connectivity index is 1.72. The van der Waals surface area contributed by atoms with E-state index in [2.05, 4.69) is 0 Å². The van der Waals surface area contributed by atoms with Crippen molar-refractivity contribution in [2.75, 3.05) is 20.1 Å². The normalized spacial score (nSPS) is 26.7. The number of nitrogens with zero attached hydrogens (tertiary/aromatic N) is 2. The van der Waals surface area contributed by atoms with Gasteiger partial charge < -0.3 is 9.80 Å². The second-order valence-corrected chi connectivity index (χ2v) is 6.46. The van der Waals surface area contributed by atoms with Crippen LogP contribution in [0.2, 0.25) is 0 Å². The van der Waals surface area contributed by atoms with Crippen LogP contribution in [0.25, 0.3) is 0 Å². The zero-order chi connectivity index (χ0) is 13.4. The quantitative estimate of drug-likeness (QED) is 0.820. The summed E-state index contributed by atoms with van der Waals surface area (Å²) in [5.41, 5.74) is 0.